The second-order valence-corrected chi connectivity index (χ2v) is 8.23. The summed E-state index contributed by atoms with van der Waals surface area (Å²) in [6.07, 6.45) is 5.81. The molecule has 1 N–H and O–H groups in total. The second-order valence-electron chi connectivity index (χ2n) is 8.23. The normalized spacial score (nSPS) is 17.7. The first-order valence-electron chi connectivity index (χ1n) is 10.5. The van der Waals surface area contributed by atoms with E-state index in [2.05, 4.69) is 46.3 Å². The molecule has 3 aromatic rings. The third kappa shape index (κ3) is 4.65. The number of likely N-dealkylation sites (tertiary alicyclic amines) is 1. The SMILES string of the molecule is CC(C)N1CCCC(CNC(=O)c2cnc3c(cnn3Cc3ccccc3)c2)C1. The lowest BCUT2D eigenvalue weighted by molar-refractivity contribution is 0.0922. The molecule has 0 spiro atoms. The van der Waals surface area contributed by atoms with Crippen molar-refractivity contribution in [3.63, 3.8) is 0 Å². The van der Waals surface area contributed by atoms with Crippen LogP contribution in [0.25, 0.3) is 11.0 Å². The highest BCUT2D eigenvalue weighted by molar-refractivity contribution is 5.96. The maximum atomic E-state index is 12.7. The number of hydrogen-bond acceptors (Lipinski definition) is 4. The number of hydrogen-bond donors (Lipinski definition) is 1. The van der Waals surface area contributed by atoms with E-state index in [9.17, 15) is 4.79 Å². The highest BCUT2D eigenvalue weighted by Crippen LogP contribution is 2.18. The maximum absolute atomic E-state index is 12.7. The summed E-state index contributed by atoms with van der Waals surface area (Å²) in [6, 6.07) is 12.6. The Morgan fingerprint density at radius 2 is 2.07 bits per heavy atom. The van der Waals surface area contributed by atoms with Gasteiger partial charge in [-0.05, 0) is 50.8 Å². The highest BCUT2D eigenvalue weighted by atomic mass is 16.1. The number of aromatic nitrogens is 3. The molecule has 6 heteroatoms. The second kappa shape index (κ2) is 8.74. The lowest BCUT2D eigenvalue weighted by atomic mass is 9.97. The summed E-state index contributed by atoms with van der Waals surface area (Å²) in [4.78, 5) is 19.7. The monoisotopic (exact) mass is 391 g/mol. The Morgan fingerprint density at radius 1 is 1.24 bits per heavy atom. The van der Waals surface area contributed by atoms with Gasteiger partial charge in [0.2, 0.25) is 0 Å². The topological polar surface area (TPSA) is 63.1 Å². The van der Waals surface area contributed by atoms with E-state index >= 15 is 0 Å². The lowest BCUT2D eigenvalue weighted by Crippen LogP contribution is -2.43. The van der Waals surface area contributed by atoms with Crippen molar-refractivity contribution < 1.29 is 4.79 Å². The summed E-state index contributed by atoms with van der Waals surface area (Å²) in [6.45, 7) is 8.07. The minimum Gasteiger partial charge on any atom is -0.352 e. The Kier molecular flexibility index (Phi) is 5.90. The minimum atomic E-state index is -0.0584. The van der Waals surface area contributed by atoms with Crippen LogP contribution < -0.4 is 5.32 Å². The Labute approximate surface area is 171 Å². The molecule has 152 valence electrons. The van der Waals surface area contributed by atoms with E-state index in [1.54, 1.807) is 12.4 Å². The third-order valence-corrected chi connectivity index (χ3v) is 5.75. The van der Waals surface area contributed by atoms with E-state index in [1.165, 1.54) is 18.4 Å². The zero-order chi connectivity index (χ0) is 20.2. The number of piperidine rings is 1. The molecule has 0 bridgehead atoms. The van der Waals surface area contributed by atoms with E-state index in [0.717, 1.165) is 24.1 Å². The van der Waals surface area contributed by atoms with Crippen molar-refractivity contribution in [3.05, 3.63) is 59.9 Å². The quantitative estimate of drug-likeness (QED) is 0.700. The number of pyridine rings is 1. The Morgan fingerprint density at radius 3 is 2.86 bits per heavy atom. The molecular weight excluding hydrogens is 362 g/mol. The van der Waals surface area contributed by atoms with Gasteiger partial charge in [-0.15, -0.1) is 0 Å². The Bertz CT molecular complexity index is 966. The van der Waals surface area contributed by atoms with Crippen LogP contribution in [0.15, 0.2) is 48.8 Å². The zero-order valence-electron chi connectivity index (χ0n) is 17.2. The smallest absolute Gasteiger partial charge is 0.252 e. The minimum absolute atomic E-state index is 0.0584. The van der Waals surface area contributed by atoms with Gasteiger partial charge in [0.25, 0.3) is 5.91 Å². The van der Waals surface area contributed by atoms with Crippen LogP contribution >= 0.6 is 0 Å². The fourth-order valence-electron chi connectivity index (χ4n) is 4.04. The van der Waals surface area contributed by atoms with Crippen LogP contribution in [-0.4, -0.2) is 51.2 Å². The zero-order valence-corrected chi connectivity index (χ0v) is 17.2. The summed E-state index contributed by atoms with van der Waals surface area (Å²) < 4.78 is 1.87. The fraction of sp³-hybridized carbons (Fsp3) is 0.435. The van der Waals surface area contributed by atoms with Gasteiger partial charge in [0, 0.05) is 30.7 Å². The number of nitrogens with one attached hydrogen (secondary N) is 1. The van der Waals surface area contributed by atoms with Crippen molar-refractivity contribution in [2.45, 2.75) is 39.3 Å². The number of fused-ring (bicyclic) bond motifs is 1. The number of benzene rings is 1. The van der Waals surface area contributed by atoms with Gasteiger partial charge in [-0.1, -0.05) is 30.3 Å². The molecule has 6 nitrogen and oxygen atoms in total. The molecule has 1 unspecified atom stereocenters. The van der Waals surface area contributed by atoms with E-state index in [1.807, 2.05) is 28.9 Å². The van der Waals surface area contributed by atoms with Crippen molar-refractivity contribution in [3.8, 4) is 0 Å². The molecule has 29 heavy (non-hydrogen) atoms. The Balaban J connectivity index is 1.39. The largest absolute Gasteiger partial charge is 0.352 e. The molecule has 1 fully saturated rings. The van der Waals surface area contributed by atoms with Crippen molar-refractivity contribution in [2.24, 2.45) is 5.92 Å². The van der Waals surface area contributed by atoms with Gasteiger partial charge in [-0.3, -0.25) is 4.79 Å². The number of carbonyl (C=O) groups excluding carboxylic acids is 1. The molecule has 0 radical (unpaired) electrons. The van der Waals surface area contributed by atoms with Crippen LogP contribution in [0.2, 0.25) is 0 Å². The first-order valence-corrected chi connectivity index (χ1v) is 10.5. The number of rotatable bonds is 6. The van der Waals surface area contributed by atoms with E-state index in [-0.39, 0.29) is 5.91 Å². The van der Waals surface area contributed by atoms with Crippen molar-refractivity contribution >= 4 is 16.9 Å². The molecular formula is C23H29N5O. The van der Waals surface area contributed by atoms with Gasteiger partial charge in [0.05, 0.1) is 18.3 Å². The molecule has 1 aromatic carbocycles. The first-order chi connectivity index (χ1) is 14.1. The van der Waals surface area contributed by atoms with Gasteiger partial charge in [0.1, 0.15) is 0 Å². The molecule has 0 saturated carbocycles. The molecule has 1 amide bonds. The molecule has 2 aromatic heterocycles. The summed E-state index contributed by atoms with van der Waals surface area (Å²) in [5, 5.41) is 8.45. The Hall–Kier alpha value is -2.73. The molecule has 0 aliphatic carbocycles. The van der Waals surface area contributed by atoms with Gasteiger partial charge in [-0.2, -0.15) is 5.10 Å². The maximum Gasteiger partial charge on any atom is 0.252 e. The first kappa shape index (κ1) is 19.6. The summed E-state index contributed by atoms with van der Waals surface area (Å²) >= 11 is 0. The number of amides is 1. The average Bonchev–Trinajstić information content (AvgIpc) is 3.15. The third-order valence-electron chi connectivity index (χ3n) is 5.75. The van der Waals surface area contributed by atoms with Gasteiger partial charge in [0.15, 0.2) is 5.65 Å². The van der Waals surface area contributed by atoms with Crippen LogP contribution in [0, 0.1) is 5.92 Å². The standard InChI is InChI=1S/C23H29N5O/c1-17(2)27-10-6-9-19(15-27)12-25-23(29)21-11-20-14-26-28(22(20)24-13-21)16-18-7-4-3-5-8-18/h3-5,7-8,11,13-14,17,19H,6,9-10,12,15-16H2,1-2H3,(H,25,29). The average molecular weight is 392 g/mol. The molecule has 1 aliphatic heterocycles. The summed E-state index contributed by atoms with van der Waals surface area (Å²) in [5.41, 5.74) is 2.56. The van der Waals surface area contributed by atoms with Crippen LogP contribution in [0.4, 0.5) is 0 Å². The highest BCUT2D eigenvalue weighted by Gasteiger charge is 2.22. The molecule has 3 heterocycles. The van der Waals surface area contributed by atoms with Crippen molar-refractivity contribution in [2.75, 3.05) is 19.6 Å². The van der Waals surface area contributed by atoms with Gasteiger partial charge in [-0.25, -0.2) is 9.67 Å². The van der Waals surface area contributed by atoms with Gasteiger partial charge < -0.3 is 10.2 Å². The van der Waals surface area contributed by atoms with E-state index in [4.69, 9.17) is 0 Å². The van der Waals surface area contributed by atoms with Crippen LogP contribution in [0.3, 0.4) is 0 Å². The molecule has 1 saturated heterocycles. The lowest BCUT2D eigenvalue weighted by Gasteiger charge is -2.35. The summed E-state index contributed by atoms with van der Waals surface area (Å²) in [7, 11) is 0. The fourth-order valence-corrected chi connectivity index (χ4v) is 4.04. The van der Waals surface area contributed by atoms with Gasteiger partial charge >= 0.3 is 0 Å². The number of nitrogens with zero attached hydrogens (tertiary/aromatic N) is 4. The van der Waals surface area contributed by atoms with E-state index in [0.29, 0.717) is 30.6 Å². The summed E-state index contributed by atoms with van der Waals surface area (Å²) in [5.74, 6) is 0.456. The van der Waals surface area contributed by atoms with E-state index < -0.39 is 0 Å². The van der Waals surface area contributed by atoms with Crippen LogP contribution in [0.1, 0.15) is 42.6 Å². The molecule has 1 aliphatic rings. The molecule has 4 rings (SSSR count). The number of carbonyl (C=O) groups is 1. The van der Waals surface area contributed by atoms with Crippen LogP contribution in [-0.2, 0) is 6.54 Å². The van der Waals surface area contributed by atoms with Crippen molar-refractivity contribution in [1.29, 1.82) is 0 Å². The van der Waals surface area contributed by atoms with Crippen LogP contribution in [0.5, 0.6) is 0 Å². The predicted octanol–water partition coefficient (Wildman–Crippen LogP) is 3.33. The predicted molar refractivity (Wildman–Crippen MR) is 115 cm³/mol. The molecule has 1 atom stereocenters. The van der Waals surface area contributed by atoms with Crippen molar-refractivity contribution in [1.82, 2.24) is 25.0 Å².